The van der Waals surface area contributed by atoms with Crippen molar-refractivity contribution < 1.29 is 9.53 Å². The van der Waals surface area contributed by atoms with E-state index in [2.05, 4.69) is 40.9 Å². The number of ether oxygens (including phenoxy) is 1. The fourth-order valence-electron chi connectivity index (χ4n) is 2.91. The lowest BCUT2D eigenvalue weighted by atomic mass is 9.88. The van der Waals surface area contributed by atoms with Gasteiger partial charge in [0.05, 0.1) is 12.8 Å². The molecule has 0 fully saturated rings. The molecule has 2 aliphatic rings. The van der Waals surface area contributed by atoms with Crippen LogP contribution >= 0.6 is 0 Å². The first-order valence-electron chi connectivity index (χ1n) is 6.84. The SMILES string of the molecule is COC(=O)CN=C1C2=C(C=CCC2C)c2ccccc21. The molecule has 0 saturated carbocycles. The highest BCUT2D eigenvalue weighted by molar-refractivity contribution is 6.25. The normalized spacial score (nSPS) is 21.9. The second kappa shape index (κ2) is 5.08. The minimum atomic E-state index is -0.303. The van der Waals surface area contributed by atoms with Crippen molar-refractivity contribution in [3.05, 3.63) is 53.1 Å². The standard InChI is InChI=1S/C17H17NO2/c1-11-6-5-9-13-12-7-3-4-8-14(12)17(16(11)13)18-10-15(19)20-2/h3-5,7-9,11H,6,10H2,1-2H3. The molecule has 0 amide bonds. The molecule has 20 heavy (non-hydrogen) atoms. The average molecular weight is 267 g/mol. The number of esters is 1. The van der Waals surface area contributed by atoms with Gasteiger partial charge in [-0.25, -0.2) is 0 Å². The Morgan fingerprint density at radius 1 is 1.35 bits per heavy atom. The average Bonchev–Trinajstić information content (AvgIpc) is 2.80. The second-order valence-electron chi connectivity index (χ2n) is 5.15. The number of carbonyl (C=O) groups is 1. The third-order valence-electron chi connectivity index (χ3n) is 3.88. The number of fused-ring (bicyclic) bond motifs is 2. The first-order valence-corrected chi connectivity index (χ1v) is 6.84. The molecule has 0 spiro atoms. The third-order valence-corrected chi connectivity index (χ3v) is 3.88. The molecule has 1 atom stereocenters. The Balaban J connectivity index is 2.10. The molecule has 0 aliphatic heterocycles. The van der Waals surface area contributed by atoms with Crippen LogP contribution in [0.1, 0.15) is 24.5 Å². The summed E-state index contributed by atoms with van der Waals surface area (Å²) in [4.78, 5) is 15.9. The van der Waals surface area contributed by atoms with Gasteiger partial charge in [-0.3, -0.25) is 9.79 Å². The van der Waals surface area contributed by atoms with Gasteiger partial charge >= 0.3 is 5.97 Å². The summed E-state index contributed by atoms with van der Waals surface area (Å²) in [5.41, 5.74) is 5.81. The van der Waals surface area contributed by atoms with Crippen molar-refractivity contribution in [3.63, 3.8) is 0 Å². The Morgan fingerprint density at radius 3 is 2.85 bits per heavy atom. The van der Waals surface area contributed by atoms with Gasteiger partial charge in [-0.1, -0.05) is 43.3 Å². The Morgan fingerprint density at radius 2 is 2.10 bits per heavy atom. The molecular weight excluding hydrogens is 250 g/mol. The van der Waals surface area contributed by atoms with Crippen LogP contribution in [0.25, 0.3) is 5.57 Å². The minimum Gasteiger partial charge on any atom is -0.468 e. The number of carbonyl (C=O) groups excluding carboxylic acids is 1. The Bertz CT molecular complexity index is 653. The second-order valence-corrected chi connectivity index (χ2v) is 5.15. The number of methoxy groups -OCH3 is 1. The molecule has 2 aliphatic carbocycles. The molecule has 0 aromatic heterocycles. The van der Waals surface area contributed by atoms with Crippen LogP contribution in [0.2, 0.25) is 0 Å². The maximum atomic E-state index is 11.4. The van der Waals surface area contributed by atoms with Gasteiger partial charge in [-0.05, 0) is 29.0 Å². The van der Waals surface area contributed by atoms with E-state index in [1.54, 1.807) is 0 Å². The molecule has 1 unspecified atom stereocenters. The van der Waals surface area contributed by atoms with Crippen molar-refractivity contribution in [2.45, 2.75) is 13.3 Å². The summed E-state index contributed by atoms with van der Waals surface area (Å²) in [5.74, 6) is 0.127. The zero-order valence-electron chi connectivity index (χ0n) is 11.7. The number of aliphatic imine (C=N–C) groups is 1. The van der Waals surface area contributed by atoms with Gasteiger partial charge in [0.1, 0.15) is 6.54 Å². The third kappa shape index (κ3) is 1.99. The lowest BCUT2D eigenvalue weighted by Crippen LogP contribution is -2.13. The highest BCUT2D eigenvalue weighted by Crippen LogP contribution is 2.41. The number of rotatable bonds is 2. The van der Waals surface area contributed by atoms with E-state index >= 15 is 0 Å². The van der Waals surface area contributed by atoms with E-state index < -0.39 is 0 Å². The molecular formula is C17H17NO2. The highest BCUT2D eigenvalue weighted by atomic mass is 16.5. The van der Waals surface area contributed by atoms with Crippen LogP contribution in [-0.2, 0) is 9.53 Å². The van der Waals surface area contributed by atoms with E-state index in [4.69, 9.17) is 0 Å². The number of benzene rings is 1. The van der Waals surface area contributed by atoms with E-state index in [9.17, 15) is 4.79 Å². The summed E-state index contributed by atoms with van der Waals surface area (Å²) in [5, 5.41) is 0. The van der Waals surface area contributed by atoms with Crippen LogP contribution in [0, 0.1) is 5.92 Å². The summed E-state index contributed by atoms with van der Waals surface area (Å²) < 4.78 is 4.68. The first-order chi connectivity index (χ1) is 9.72. The number of hydrogen-bond acceptors (Lipinski definition) is 3. The number of hydrogen-bond donors (Lipinski definition) is 0. The van der Waals surface area contributed by atoms with E-state index in [1.807, 2.05) is 12.1 Å². The molecule has 0 radical (unpaired) electrons. The summed E-state index contributed by atoms with van der Waals surface area (Å²) in [6.07, 6.45) is 5.41. The van der Waals surface area contributed by atoms with Crippen molar-refractivity contribution >= 4 is 17.3 Å². The Hall–Kier alpha value is -2.16. The van der Waals surface area contributed by atoms with Crippen LogP contribution in [0.3, 0.4) is 0 Å². The fourth-order valence-corrected chi connectivity index (χ4v) is 2.91. The van der Waals surface area contributed by atoms with E-state index in [1.165, 1.54) is 23.8 Å². The van der Waals surface area contributed by atoms with Crippen molar-refractivity contribution in [3.8, 4) is 0 Å². The molecule has 0 bridgehead atoms. The minimum absolute atomic E-state index is 0.0768. The molecule has 3 nitrogen and oxygen atoms in total. The zero-order chi connectivity index (χ0) is 14.1. The lowest BCUT2D eigenvalue weighted by Gasteiger charge is -2.17. The quantitative estimate of drug-likeness (QED) is 0.773. The van der Waals surface area contributed by atoms with Crippen LogP contribution in [-0.4, -0.2) is 25.3 Å². The van der Waals surface area contributed by atoms with Gasteiger partial charge in [0.25, 0.3) is 0 Å². The Kier molecular flexibility index (Phi) is 3.26. The van der Waals surface area contributed by atoms with Gasteiger partial charge in [0.2, 0.25) is 0 Å². The smallest absolute Gasteiger partial charge is 0.327 e. The fraction of sp³-hybridized carbons (Fsp3) is 0.294. The lowest BCUT2D eigenvalue weighted by molar-refractivity contribution is -0.138. The van der Waals surface area contributed by atoms with Crippen molar-refractivity contribution in [2.24, 2.45) is 10.9 Å². The maximum Gasteiger partial charge on any atom is 0.327 e. The maximum absolute atomic E-state index is 11.4. The monoisotopic (exact) mass is 267 g/mol. The number of allylic oxidation sites excluding steroid dienone is 4. The van der Waals surface area contributed by atoms with Gasteiger partial charge in [0, 0.05) is 5.56 Å². The zero-order valence-corrected chi connectivity index (χ0v) is 11.7. The van der Waals surface area contributed by atoms with Crippen LogP contribution < -0.4 is 0 Å². The van der Waals surface area contributed by atoms with E-state index in [-0.39, 0.29) is 12.5 Å². The molecule has 1 aromatic carbocycles. The molecule has 1 aromatic rings. The predicted molar refractivity (Wildman–Crippen MR) is 79.7 cm³/mol. The van der Waals surface area contributed by atoms with Crippen LogP contribution in [0.5, 0.6) is 0 Å². The summed E-state index contributed by atoms with van der Waals surface area (Å²) >= 11 is 0. The molecule has 0 saturated heterocycles. The van der Waals surface area contributed by atoms with Gasteiger partial charge < -0.3 is 4.74 Å². The van der Waals surface area contributed by atoms with E-state index in [0.29, 0.717) is 5.92 Å². The van der Waals surface area contributed by atoms with E-state index in [0.717, 1.165) is 17.7 Å². The van der Waals surface area contributed by atoms with Gasteiger partial charge in [-0.15, -0.1) is 0 Å². The topological polar surface area (TPSA) is 38.7 Å². The predicted octanol–water partition coefficient (Wildman–Crippen LogP) is 3.01. The summed E-state index contributed by atoms with van der Waals surface area (Å²) in [6.45, 7) is 2.28. The molecule has 3 rings (SSSR count). The summed E-state index contributed by atoms with van der Waals surface area (Å²) in [6, 6.07) is 8.25. The van der Waals surface area contributed by atoms with Crippen molar-refractivity contribution in [1.29, 1.82) is 0 Å². The molecule has 0 heterocycles. The molecule has 3 heteroatoms. The first kappa shape index (κ1) is 12.9. The van der Waals surface area contributed by atoms with Gasteiger partial charge in [-0.2, -0.15) is 0 Å². The van der Waals surface area contributed by atoms with Crippen molar-refractivity contribution in [1.82, 2.24) is 0 Å². The van der Waals surface area contributed by atoms with Crippen LogP contribution in [0.4, 0.5) is 0 Å². The molecule has 102 valence electrons. The number of nitrogens with zero attached hydrogens (tertiary/aromatic N) is 1. The van der Waals surface area contributed by atoms with Crippen LogP contribution in [0.15, 0.2) is 47.0 Å². The van der Waals surface area contributed by atoms with Crippen molar-refractivity contribution in [2.75, 3.05) is 13.7 Å². The Labute approximate surface area is 118 Å². The van der Waals surface area contributed by atoms with Gasteiger partial charge in [0.15, 0.2) is 0 Å². The largest absolute Gasteiger partial charge is 0.468 e. The highest BCUT2D eigenvalue weighted by Gasteiger charge is 2.30. The molecule has 0 N–H and O–H groups in total. The summed E-state index contributed by atoms with van der Waals surface area (Å²) in [7, 11) is 1.39.